The highest BCUT2D eigenvalue weighted by Crippen LogP contribution is 2.45. The van der Waals surface area contributed by atoms with E-state index in [0.29, 0.717) is 25.7 Å². The zero-order valence-electron chi connectivity index (χ0n) is 66.6. The number of hydrogen-bond donors (Lipinski definition) is 3. The van der Waals surface area contributed by atoms with E-state index in [4.69, 9.17) is 37.0 Å². The smallest absolute Gasteiger partial charge is 0.462 e. The van der Waals surface area contributed by atoms with Gasteiger partial charge in [0, 0.05) is 25.7 Å². The minimum Gasteiger partial charge on any atom is -0.462 e. The van der Waals surface area contributed by atoms with Crippen molar-refractivity contribution in [3.05, 3.63) is 0 Å². The van der Waals surface area contributed by atoms with Crippen molar-refractivity contribution in [2.45, 2.75) is 470 Å². The van der Waals surface area contributed by atoms with Crippen LogP contribution in [0.5, 0.6) is 0 Å². The Labute approximate surface area is 626 Å². The van der Waals surface area contributed by atoms with Crippen LogP contribution in [0, 0.1) is 0 Å². The first-order valence-corrected chi connectivity index (χ1v) is 46.3. The molecule has 0 aromatic carbocycles. The van der Waals surface area contributed by atoms with E-state index in [9.17, 15) is 43.2 Å². The Morgan fingerprint density at radius 2 is 0.392 bits per heavy atom. The van der Waals surface area contributed by atoms with Crippen LogP contribution < -0.4 is 0 Å². The lowest BCUT2D eigenvalue weighted by Gasteiger charge is -2.21. The number of carbonyl (C=O) groups is 4. The second kappa shape index (κ2) is 77.2. The van der Waals surface area contributed by atoms with Crippen LogP contribution in [0.1, 0.15) is 451 Å². The van der Waals surface area contributed by atoms with Crippen LogP contribution in [0.4, 0.5) is 0 Å². The van der Waals surface area contributed by atoms with Crippen LogP contribution in [0.2, 0.25) is 0 Å². The molecule has 5 atom stereocenters. The van der Waals surface area contributed by atoms with Crippen LogP contribution in [0.3, 0.4) is 0 Å². The van der Waals surface area contributed by atoms with Gasteiger partial charge in [-0.2, -0.15) is 0 Å². The molecule has 0 amide bonds. The van der Waals surface area contributed by atoms with E-state index in [0.717, 1.165) is 89.9 Å². The molecule has 0 saturated heterocycles. The standard InChI is InChI=1S/C83H162O17P2/c1-5-9-13-17-21-25-29-32-34-36-37-38-39-40-42-44-46-50-54-58-62-66-70-83(88)100-79(74-94-81(86)68-64-60-56-52-49-45-43-41-35-33-30-26-22-18-14-10-6-2)76-98-102(91,92)96-72-77(84)71-95-101(89,90)97-75-78(73-93-80(85)67-63-59-55-51-47-28-24-20-16-12-8-4)99-82(87)69-65-61-57-53-48-31-27-23-19-15-11-7-3/h77-79,84H,5-76H2,1-4H3,(H,89,90)(H,91,92)/t77-,78+,79+/m0/s1. The van der Waals surface area contributed by atoms with Crippen molar-refractivity contribution in [2.75, 3.05) is 39.6 Å². The molecule has 2 unspecified atom stereocenters. The number of ether oxygens (including phenoxy) is 4. The molecule has 0 aromatic heterocycles. The third-order valence-electron chi connectivity index (χ3n) is 19.6. The third kappa shape index (κ3) is 76.3. The van der Waals surface area contributed by atoms with Crippen LogP contribution in [0.15, 0.2) is 0 Å². The molecule has 3 N–H and O–H groups in total. The van der Waals surface area contributed by atoms with Gasteiger partial charge < -0.3 is 33.8 Å². The van der Waals surface area contributed by atoms with Crippen molar-refractivity contribution < 1.29 is 80.2 Å². The summed E-state index contributed by atoms with van der Waals surface area (Å²) in [5, 5.41) is 10.6. The van der Waals surface area contributed by atoms with E-state index in [1.54, 1.807) is 0 Å². The highest BCUT2D eigenvalue weighted by Gasteiger charge is 2.30. The average Bonchev–Trinajstić information content (AvgIpc) is 0.919. The summed E-state index contributed by atoms with van der Waals surface area (Å²) in [6.45, 7) is 5.03. The quantitative estimate of drug-likeness (QED) is 0.0222. The molecule has 0 fully saturated rings. The summed E-state index contributed by atoms with van der Waals surface area (Å²) in [6.07, 6.45) is 70.8. The predicted octanol–water partition coefficient (Wildman–Crippen LogP) is 25.4. The van der Waals surface area contributed by atoms with Crippen LogP contribution >= 0.6 is 15.6 Å². The molecule has 102 heavy (non-hydrogen) atoms. The van der Waals surface area contributed by atoms with E-state index >= 15 is 0 Å². The van der Waals surface area contributed by atoms with Crippen LogP contribution in [0.25, 0.3) is 0 Å². The van der Waals surface area contributed by atoms with Gasteiger partial charge in [0.15, 0.2) is 12.2 Å². The van der Waals surface area contributed by atoms with Crippen molar-refractivity contribution in [3.63, 3.8) is 0 Å². The zero-order valence-corrected chi connectivity index (χ0v) is 68.4. The second-order valence-electron chi connectivity index (χ2n) is 29.9. The fourth-order valence-electron chi connectivity index (χ4n) is 13.0. The second-order valence-corrected chi connectivity index (χ2v) is 32.8. The molecular weight excluding hydrogens is 1330 g/mol. The molecule has 0 aliphatic heterocycles. The molecule has 17 nitrogen and oxygen atoms in total. The number of aliphatic hydroxyl groups is 1. The van der Waals surface area contributed by atoms with Gasteiger partial charge >= 0.3 is 39.5 Å². The maximum absolute atomic E-state index is 13.1. The van der Waals surface area contributed by atoms with Crippen molar-refractivity contribution in [3.8, 4) is 0 Å². The fraction of sp³-hybridized carbons (Fsp3) is 0.952. The molecule has 0 aromatic rings. The van der Waals surface area contributed by atoms with Gasteiger partial charge in [-0.05, 0) is 25.7 Å². The summed E-state index contributed by atoms with van der Waals surface area (Å²) in [7, 11) is -9.92. The van der Waals surface area contributed by atoms with Gasteiger partial charge in [-0.15, -0.1) is 0 Å². The Bertz CT molecular complexity index is 1930. The fourth-order valence-corrected chi connectivity index (χ4v) is 14.6. The predicted molar refractivity (Wildman–Crippen MR) is 419 cm³/mol. The first-order valence-electron chi connectivity index (χ1n) is 43.3. The van der Waals surface area contributed by atoms with Crippen LogP contribution in [-0.4, -0.2) is 96.7 Å². The Balaban J connectivity index is 5.20. The molecule has 0 spiro atoms. The summed E-state index contributed by atoms with van der Waals surface area (Å²) in [5.41, 5.74) is 0. The molecule has 0 saturated carbocycles. The largest absolute Gasteiger partial charge is 0.472 e. The molecule has 0 radical (unpaired) electrons. The first kappa shape index (κ1) is 100. The maximum atomic E-state index is 13.1. The van der Waals surface area contributed by atoms with Gasteiger partial charge in [-0.3, -0.25) is 37.3 Å². The summed E-state index contributed by atoms with van der Waals surface area (Å²) in [5.74, 6) is -2.10. The van der Waals surface area contributed by atoms with Gasteiger partial charge in [0.05, 0.1) is 26.4 Å². The van der Waals surface area contributed by atoms with Gasteiger partial charge in [0.2, 0.25) is 0 Å². The Hall–Kier alpha value is -1.94. The van der Waals surface area contributed by atoms with E-state index in [1.165, 1.54) is 283 Å². The number of unbranched alkanes of at least 4 members (excludes halogenated alkanes) is 58. The van der Waals surface area contributed by atoms with E-state index in [1.807, 2.05) is 0 Å². The maximum Gasteiger partial charge on any atom is 0.472 e. The minimum absolute atomic E-state index is 0.108. The molecule has 0 heterocycles. The van der Waals surface area contributed by atoms with Crippen molar-refractivity contribution in [1.82, 2.24) is 0 Å². The van der Waals surface area contributed by atoms with Crippen LogP contribution in [-0.2, 0) is 65.4 Å². The number of phosphoric acid groups is 2. The lowest BCUT2D eigenvalue weighted by atomic mass is 10.0. The average molecular weight is 1490 g/mol. The van der Waals surface area contributed by atoms with E-state index < -0.39 is 97.5 Å². The minimum atomic E-state index is -4.96. The lowest BCUT2D eigenvalue weighted by molar-refractivity contribution is -0.161. The normalized spacial score (nSPS) is 13.8. The van der Waals surface area contributed by atoms with Crippen molar-refractivity contribution in [2.24, 2.45) is 0 Å². The number of rotatable bonds is 84. The van der Waals surface area contributed by atoms with Gasteiger partial charge in [0.1, 0.15) is 19.3 Å². The molecule has 0 aliphatic rings. The molecule has 0 aliphatic carbocycles. The number of carbonyl (C=O) groups excluding carboxylic acids is 4. The Kier molecular flexibility index (Phi) is 75.8. The number of phosphoric ester groups is 2. The van der Waals surface area contributed by atoms with Gasteiger partial charge in [-0.1, -0.05) is 400 Å². The molecule has 606 valence electrons. The first-order chi connectivity index (χ1) is 49.7. The Morgan fingerprint density at radius 1 is 0.235 bits per heavy atom. The number of hydrogen-bond acceptors (Lipinski definition) is 15. The number of aliphatic hydroxyl groups excluding tert-OH is 1. The monoisotopic (exact) mass is 1490 g/mol. The van der Waals surface area contributed by atoms with Crippen molar-refractivity contribution in [1.29, 1.82) is 0 Å². The van der Waals surface area contributed by atoms with Gasteiger partial charge in [0.25, 0.3) is 0 Å². The van der Waals surface area contributed by atoms with E-state index in [2.05, 4.69) is 27.7 Å². The topological polar surface area (TPSA) is 237 Å². The lowest BCUT2D eigenvalue weighted by Crippen LogP contribution is -2.30. The molecule has 19 heteroatoms. The zero-order chi connectivity index (χ0) is 74.6. The molecule has 0 bridgehead atoms. The highest BCUT2D eigenvalue weighted by molar-refractivity contribution is 7.47. The Morgan fingerprint density at radius 3 is 0.578 bits per heavy atom. The summed E-state index contributed by atoms with van der Waals surface area (Å²) >= 11 is 0. The summed E-state index contributed by atoms with van der Waals surface area (Å²) in [6, 6.07) is 0. The SMILES string of the molecule is CCCCCCCCCCCCCCCCCCCCCCCCC(=O)O[C@H](COC(=O)CCCCCCCCCCCCCCCCCCC)COP(=O)(O)OC[C@@H](O)COP(=O)(O)OC[C@@H](COC(=O)CCCCCCCCCCCCC)OC(=O)CCCCCCCCCCCCCC. The van der Waals surface area contributed by atoms with Gasteiger partial charge in [-0.25, -0.2) is 9.13 Å². The summed E-state index contributed by atoms with van der Waals surface area (Å²) < 4.78 is 68.8. The van der Waals surface area contributed by atoms with E-state index in [-0.39, 0.29) is 25.7 Å². The van der Waals surface area contributed by atoms with Crippen molar-refractivity contribution >= 4 is 39.5 Å². The molecular formula is C83H162O17P2. The highest BCUT2D eigenvalue weighted by atomic mass is 31.2. The summed E-state index contributed by atoms with van der Waals surface area (Å²) in [4.78, 5) is 73.1. The third-order valence-corrected chi connectivity index (χ3v) is 21.5. The number of esters is 4. The molecule has 0 rings (SSSR count).